The van der Waals surface area contributed by atoms with Gasteiger partial charge in [-0.25, -0.2) is 4.98 Å². The summed E-state index contributed by atoms with van der Waals surface area (Å²) in [5.74, 6) is -0.207. The Morgan fingerprint density at radius 1 is 1.25 bits per heavy atom. The summed E-state index contributed by atoms with van der Waals surface area (Å²) in [4.78, 5) is 15.6. The second-order valence-corrected chi connectivity index (χ2v) is 5.03. The number of ether oxygens (including phenoxy) is 1. The molecule has 2 rings (SSSR count). The van der Waals surface area contributed by atoms with Crippen molar-refractivity contribution < 1.29 is 9.53 Å². The van der Waals surface area contributed by atoms with Crippen molar-refractivity contribution in [1.29, 1.82) is 0 Å². The van der Waals surface area contributed by atoms with Crippen LogP contribution in [0.2, 0.25) is 5.15 Å². The standard InChI is InChI=1S/C16H16ClNO2/c1-12-3-2-4-13(9-12)6-8-16(19)20-11-14-5-7-15(17)18-10-14/h2-5,7,9-10H,6,8,11H2,1H3. The number of rotatable bonds is 5. The van der Waals surface area contributed by atoms with Gasteiger partial charge in [-0.3, -0.25) is 4.79 Å². The monoisotopic (exact) mass is 289 g/mol. The van der Waals surface area contributed by atoms with Crippen molar-refractivity contribution in [2.75, 3.05) is 0 Å². The molecule has 0 unspecified atom stereocenters. The van der Waals surface area contributed by atoms with E-state index >= 15 is 0 Å². The maximum Gasteiger partial charge on any atom is 0.306 e. The lowest BCUT2D eigenvalue weighted by atomic mass is 10.1. The Hall–Kier alpha value is -1.87. The van der Waals surface area contributed by atoms with Crippen LogP contribution in [0.3, 0.4) is 0 Å². The van der Waals surface area contributed by atoms with E-state index in [0.29, 0.717) is 18.0 Å². The maximum absolute atomic E-state index is 11.7. The number of aryl methyl sites for hydroxylation is 2. The molecule has 1 aromatic carbocycles. The lowest BCUT2D eigenvalue weighted by Gasteiger charge is -2.05. The molecule has 0 amide bonds. The van der Waals surface area contributed by atoms with E-state index in [4.69, 9.17) is 16.3 Å². The molecular weight excluding hydrogens is 274 g/mol. The molecule has 1 aromatic heterocycles. The fraction of sp³-hybridized carbons (Fsp3) is 0.250. The van der Waals surface area contributed by atoms with E-state index < -0.39 is 0 Å². The maximum atomic E-state index is 11.7. The summed E-state index contributed by atoms with van der Waals surface area (Å²) in [5, 5.41) is 0.430. The van der Waals surface area contributed by atoms with Crippen LogP contribution in [0.4, 0.5) is 0 Å². The number of aromatic nitrogens is 1. The number of benzene rings is 1. The number of carbonyl (C=O) groups is 1. The number of hydrogen-bond acceptors (Lipinski definition) is 3. The van der Waals surface area contributed by atoms with Gasteiger partial charge in [0.1, 0.15) is 11.8 Å². The van der Waals surface area contributed by atoms with Crippen LogP contribution < -0.4 is 0 Å². The Labute approximate surface area is 123 Å². The summed E-state index contributed by atoms with van der Waals surface area (Å²) >= 11 is 5.69. The van der Waals surface area contributed by atoms with Gasteiger partial charge in [-0.2, -0.15) is 0 Å². The lowest BCUT2D eigenvalue weighted by molar-refractivity contribution is -0.144. The van der Waals surface area contributed by atoms with Crippen LogP contribution in [0.5, 0.6) is 0 Å². The molecule has 0 fully saturated rings. The number of pyridine rings is 1. The highest BCUT2D eigenvalue weighted by Crippen LogP contribution is 2.09. The Bertz CT molecular complexity index is 581. The molecule has 4 heteroatoms. The molecule has 0 spiro atoms. The predicted molar refractivity (Wildman–Crippen MR) is 78.5 cm³/mol. The van der Waals surface area contributed by atoms with Gasteiger partial charge in [-0.15, -0.1) is 0 Å². The zero-order valence-corrected chi connectivity index (χ0v) is 12.1. The van der Waals surface area contributed by atoms with Crippen LogP contribution in [0.1, 0.15) is 23.1 Å². The smallest absolute Gasteiger partial charge is 0.306 e. The average Bonchev–Trinajstić information content (AvgIpc) is 2.45. The highest BCUT2D eigenvalue weighted by molar-refractivity contribution is 6.29. The first-order valence-electron chi connectivity index (χ1n) is 6.45. The van der Waals surface area contributed by atoms with Gasteiger partial charge >= 0.3 is 5.97 Å². The van der Waals surface area contributed by atoms with Crippen molar-refractivity contribution in [3.63, 3.8) is 0 Å². The van der Waals surface area contributed by atoms with Crippen LogP contribution in [-0.2, 0) is 22.6 Å². The third-order valence-corrected chi connectivity index (χ3v) is 3.11. The summed E-state index contributed by atoms with van der Waals surface area (Å²) in [6, 6.07) is 11.6. The van der Waals surface area contributed by atoms with E-state index in [1.54, 1.807) is 18.3 Å². The van der Waals surface area contributed by atoms with E-state index in [1.165, 1.54) is 5.56 Å². The largest absolute Gasteiger partial charge is 0.461 e. The molecule has 0 saturated carbocycles. The Morgan fingerprint density at radius 2 is 2.10 bits per heavy atom. The van der Waals surface area contributed by atoms with Crippen molar-refractivity contribution in [3.05, 3.63) is 64.4 Å². The van der Waals surface area contributed by atoms with Gasteiger partial charge in [-0.1, -0.05) is 47.5 Å². The quantitative estimate of drug-likeness (QED) is 0.622. The third kappa shape index (κ3) is 4.67. The Balaban J connectivity index is 1.77. The van der Waals surface area contributed by atoms with E-state index in [1.807, 2.05) is 25.1 Å². The van der Waals surface area contributed by atoms with Gasteiger partial charge in [0.05, 0.1) is 0 Å². The van der Waals surface area contributed by atoms with Crippen molar-refractivity contribution in [3.8, 4) is 0 Å². The minimum atomic E-state index is -0.207. The summed E-state index contributed by atoms with van der Waals surface area (Å²) in [6.07, 6.45) is 2.68. The van der Waals surface area contributed by atoms with Gasteiger partial charge in [0, 0.05) is 18.2 Å². The van der Waals surface area contributed by atoms with Gasteiger partial charge in [0.2, 0.25) is 0 Å². The zero-order chi connectivity index (χ0) is 14.4. The SMILES string of the molecule is Cc1cccc(CCC(=O)OCc2ccc(Cl)nc2)c1. The van der Waals surface area contributed by atoms with Gasteiger partial charge in [-0.05, 0) is 25.0 Å². The average molecular weight is 290 g/mol. The van der Waals surface area contributed by atoms with Crippen LogP contribution >= 0.6 is 11.6 Å². The van der Waals surface area contributed by atoms with E-state index in [9.17, 15) is 4.79 Å². The Morgan fingerprint density at radius 3 is 2.80 bits per heavy atom. The highest BCUT2D eigenvalue weighted by Gasteiger charge is 2.05. The van der Waals surface area contributed by atoms with Crippen molar-refractivity contribution in [2.45, 2.75) is 26.4 Å². The van der Waals surface area contributed by atoms with E-state index in [0.717, 1.165) is 11.1 Å². The van der Waals surface area contributed by atoms with Crippen molar-refractivity contribution >= 4 is 17.6 Å². The fourth-order valence-corrected chi connectivity index (χ4v) is 1.95. The van der Waals surface area contributed by atoms with Crippen LogP contribution in [0, 0.1) is 6.92 Å². The first-order valence-corrected chi connectivity index (χ1v) is 6.83. The minimum Gasteiger partial charge on any atom is -0.461 e. The predicted octanol–water partition coefficient (Wildman–Crippen LogP) is 3.72. The molecule has 0 N–H and O–H groups in total. The van der Waals surface area contributed by atoms with E-state index in [-0.39, 0.29) is 12.6 Å². The summed E-state index contributed by atoms with van der Waals surface area (Å²) < 4.78 is 5.20. The highest BCUT2D eigenvalue weighted by atomic mass is 35.5. The molecule has 0 radical (unpaired) electrons. The van der Waals surface area contributed by atoms with Gasteiger partial charge in [0.15, 0.2) is 0 Å². The summed E-state index contributed by atoms with van der Waals surface area (Å²) in [7, 11) is 0. The molecule has 0 aliphatic rings. The normalized spacial score (nSPS) is 10.3. The number of nitrogens with zero attached hydrogens (tertiary/aromatic N) is 1. The number of hydrogen-bond donors (Lipinski definition) is 0. The molecular formula is C16H16ClNO2. The zero-order valence-electron chi connectivity index (χ0n) is 11.3. The molecule has 0 atom stereocenters. The number of halogens is 1. The summed E-state index contributed by atoms with van der Waals surface area (Å²) in [5.41, 5.74) is 3.18. The molecule has 104 valence electrons. The molecule has 0 aliphatic carbocycles. The molecule has 0 aliphatic heterocycles. The first kappa shape index (κ1) is 14.5. The number of esters is 1. The van der Waals surface area contributed by atoms with Gasteiger partial charge < -0.3 is 4.74 Å². The molecule has 0 saturated heterocycles. The summed E-state index contributed by atoms with van der Waals surface area (Å²) in [6.45, 7) is 2.27. The van der Waals surface area contributed by atoms with E-state index in [2.05, 4.69) is 11.1 Å². The second kappa shape index (κ2) is 7.06. The molecule has 0 bridgehead atoms. The topological polar surface area (TPSA) is 39.2 Å². The van der Waals surface area contributed by atoms with Crippen molar-refractivity contribution in [2.24, 2.45) is 0 Å². The Kier molecular flexibility index (Phi) is 5.13. The number of carbonyl (C=O) groups excluding carboxylic acids is 1. The van der Waals surface area contributed by atoms with Crippen LogP contribution in [0.15, 0.2) is 42.6 Å². The van der Waals surface area contributed by atoms with Crippen molar-refractivity contribution in [1.82, 2.24) is 4.98 Å². The second-order valence-electron chi connectivity index (χ2n) is 4.64. The van der Waals surface area contributed by atoms with Gasteiger partial charge in [0.25, 0.3) is 0 Å². The first-order chi connectivity index (χ1) is 9.63. The third-order valence-electron chi connectivity index (χ3n) is 2.89. The molecule has 2 aromatic rings. The molecule has 20 heavy (non-hydrogen) atoms. The lowest BCUT2D eigenvalue weighted by Crippen LogP contribution is -2.06. The fourth-order valence-electron chi connectivity index (χ4n) is 1.84. The minimum absolute atomic E-state index is 0.207. The molecule has 3 nitrogen and oxygen atoms in total. The van der Waals surface area contributed by atoms with Crippen LogP contribution in [0.25, 0.3) is 0 Å². The molecule has 1 heterocycles. The van der Waals surface area contributed by atoms with Crippen LogP contribution in [-0.4, -0.2) is 11.0 Å².